The number of anilines is 1. The number of carbonyl (C=O) groups excluding carboxylic acids is 1. The first-order valence-electron chi connectivity index (χ1n) is 6.66. The molecule has 0 aliphatic heterocycles. The number of ether oxygens (including phenoxy) is 1. The summed E-state index contributed by atoms with van der Waals surface area (Å²) >= 11 is 7.18. The van der Waals surface area contributed by atoms with E-state index in [9.17, 15) is 4.79 Å². The standard InChI is InChI=1S/C15H15ClN4O2S/c1-22-12(21)9-23-15-13(16)19-11(14(17)20-15)8-18-7-10-5-3-2-4-6-10/h2-6,8H,7,9H2,1H3,(H2,17,20)/b18-8+. The lowest BCUT2D eigenvalue weighted by Crippen LogP contribution is -2.06. The van der Waals surface area contributed by atoms with Gasteiger partial charge < -0.3 is 10.5 Å². The van der Waals surface area contributed by atoms with Gasteiger partial charge in [-0.05, 0) is 5.56 Å². The van der Waals surface area contributed by atoms with E-state index in [-0.39, 0.29) is 22.7 Å². The molecule has 2 N–H and O–H groups in total. The summed E-state index contributed by atoms with van der Waals surface area (Å²) in [5, 5.41) is 0.559. The Morgan fingerprint density at radius 3 is 2.83 bits per heavy atom. The Hall–Kier alpha value is -2.12. The number of carbonyl (C=O) groups is 1. The Morgan fingerprint density at radius 1 is 1.39 bits per heavy atom. The average Bonchev–Trinajstić information content (AvgIpc) is 2.57. The zero-order valence-electron chi connectivity index (χ0n) is 12.4. The molecule has 6 nitrogen and oxygen atoms in total. The number of nitrogen functional groups attached to an aromatic ring is 1. The fourth-order valence-corrected chi connectivity index (χ4v) is 2.61. The minimum Gasteiger partial charge on any atom is -0.468 e. The first-order valence-corrected chi connectivity index (χ1v) is 8.03. The molecule has 8 heteroatoms. The van der Waals surface area contributed by atoms with Crippen molar-refractivity contribution in [3.63, 3.8) is 0 Å². The van der Waals surface area contributed by atoms with Gasteiger partial charge in [-0.25, -0.2) is 9.97 Å². The molecular formula is C15H15ClN4O2S. The molecule has 23 heavy (non-hydrogen) atoms. The van der Waals surface area contributed by atoms with Gasteiger partial charge in [0.05, 0.1) is 25.6 Å². The van der Waals surface area contributed by atoms with E-state index in [1.807, 2.05) is 30.3 Å². The molecule has 2 aromatic rings. The summed E-state index contributed by atoms with van der Waals surface area (Å²) in [5.74, 6) is -0.0790. The molecule has 0 fully saturated rings. The molecule has 2 rings (SSSR count). The van der Waals surface area contributed by atoms with Gasteiger partial charge in [-0.15, -0.1) is 0 Å². The van der Waals surface area contributed by atoms with Crippen LogP contribution in [0.5, 0.6) is 0 Å². The van der Waals surface area contributed by atoms with Crippen LogP contribution >= 0.6 is 23.4 Å². The lowest BCUT2D eigenvalue weighted by Gasteiger charge is -2.05. The van der Waals surface area contributed by atoms with Crippen molar-refractivity contribution >= 4 is 41.4 Å². The number of halogens is 1. The van der Waals surface area contributed by atoms with E-state index in [1.54, 1.807) is 0 Å². The van der Waals surface area contributed by atoms with E-state index in [0.717, 1.165) is 17.3 Å². The van der Waals surface area contributed by atoms with E-state index >= 15 is 0 Å². The van der Waals surface area contributed by atoms with Crippen molar-refractivity contribution in [2.75, 3.05) is 18.6 Å². The van der Waals surface area contributed by atoms with E-state index in [1.165, 1.54) is 13.3 Å². The van der Waals surface area contributed by atoms with Crippen molar-refractivity contribution in [2.24, 2.45) is 4.99 Å². The molecule has 0 amide bonds. The third-order valence-electron chi connectivity index (χ3n) is 2.76. The second-order valence-electron chi connectivity index (χ2n) is 4.41. The van der Waals surface area contributed by atoms with Crippen LogP contribution in [0.4, 0.5) is 5.82 Å². The fourth-order valence-electron chi connectivity index (χ4n) is 1.62. The summed E-state index contributed by atoms with van der Waals surface area (Å²) in [5.41, 5.74) is 7.33. The molecule has 1 heterocycles. The number of rotatable bonds is 6. The molecule has 120 valence electrons. The van der Waals surface area contributed by atoms with Gasteiger partial charge in [0.2, 0.25) is 0 Å². The Bertz CT molecular complexity index is 710. The van der Waals surface area contributed by atoms with Crippen molar-refractivity contribution in [2.45, 2.75) is 11.6 Å². The summed E-state index contributed by atoms with van der Waals surface area (Å²) in [6, 6.07) is 9.80. The molecule has 0 saturated heterocycles. The van der Waals surface area contributed by atoms with Crippen molar-refractivity contribution in [1.82, 2.24) is 9.97 Å². The van der Waals surface area contributed by atoms with Gasteiger partial charge in [-0.1, -0.05) is 53.7 Å². The van der Waals surface area contributed by atoms with Crippen LogP contribution in [0, 0.1) is 0 Å². The Morgan fingerprint density at radius 2 is 2.13 bits per heavy atom. The molecule has 0 spiro atoms. The Balaban J connectivity index is 2.05. The minimum atomic E-state index is -0.375. The van der Waals surface area contributed by atoms with Gasteiger partial charge in [0.1, 0.15) is 10.7 Å². The molecule has 0 radical (unpaired) electrons. The molecule has 0 atom stereocenters. The minimum absolute atomic E-state index is 0.0891. The second kappa shape index (κ2) is 8.50. The monoisotopic (exact) mass is 350 g/mol. The van der Waals surface area contributed by atoms with Gasteiger partial charge >= 0.3 is 5.97 Å². The molecule has 0 aliphatic rings. The molecule has 1 aromatic carbocycles. The highest BCUT2D eigenvalue weighted by atomic mass is 35.5. The third kappa shape index (κ3) is 5.22. The van der Waals surface area contributed by atoms with Crippen LogP contribution < -0.4 is 5.73 Å². The zero-order valence-corrected chi connectivity index (χ0v) is 14.0. The second-order valence-corrected chi connectivity index (χ2v) is 5.73. The normalized spacial score (nSPS) is 10.9. The van der Waals surface area contributed by atoms with Crippen LogP contribution in [0.3, 0.4) is 0 Å². The number of methoxy groups -OCH3 is 1. The summed E-state index contributed by atoms with van der Waals surface area (Å²) in [6.45, 7) is 0.512. The van der Waals surface area contributed by atoms with Gasteiger partial charge in [0, 0.05) is 0 Å². The van der Waals surface area contributed by atoms with E-state index < -0.39 is 0 Å². The number of thioether (sulfide) groups is 1. The molecular weight excluding hydrogens is 336 g/mol. The van der Waals surface area contributed by atoms with Crippen molar-refractivity contribution in [1.29, 1.82) is 0 Å². The maximum absolute atomic E-state index is 11.1. The molecule has 0 saturated carbocycles. The fraction of sp³-hybridized carbons (Fsp3) is 0.200. The third-order valence-corrected chi connectivity index (χ3v) is 4.08. The molecule has 0 aliphatic carbocycles. The highest BCUT2D eigenvalue weighted by Gasteiger charge is 2.12. The average molecular weight is 351 g/mol. The summed E-state index contributed by atoms with van der Waals surface area (Å²) in [4.78, 5) is 23.7. The summed E-state index contributed by atoms with van der Waals surface area (Å²) in [7, 11) is 1.32. The van der Waals surface area contributed by atoms with Gasteiger partial charge in [-0.2, -0.15) is 0 Å². The number of esters is 1. The number of aliphatic imine (C=N–C) groups is 1. The molecule has 0 unspecified atom stereocenters. The van der Waals surface area contributed by atoms with Gasteiger partial charge in [0.15, 0.2) is 11.0 Å². The first-order chi connectivity index (χ1) is 11.1. The molecule has 0 bridgehead atoms. The number of benzene rings is 1. The van der Waals surface area contributed by atoms with E-state index in [2.05, 4.69) is 19.7 Å². The lowest BCUT2D eigenvalue weighted by atomic mass is 10.2. The highest BCUT2D eigenvalue weighted by molar-refractivity contribution is 8.00. The van der Waals surface area contributed by atoms with Crippen LogP contribution in [0.2, 0.25) is 5.15 Å². The predicted octanol–water partition coefficient (Wildman–Crippen LogP) is 2.60. The molecule has 1 aromatic heterocycles. The van der Waals surface area contributed by atoms with Crippen LogP contribution in [-0.2, 0) is 16.1 Å². The van der Waals surface area contributed by atoms with Gasteiger partial charge in [0.25, 0.3) is 0 Å². The van der Waals surface area contributed by atoms with Crippen LogP contribution in [0.1, 0.15) is 11.3 Å². The number of nitrogens with zero attached hydrogens (tertiary/aromatic N) is 3. The topological polar surface area (TPSA) is 90.5 Å². The van der Waals surface area contributed by atoms with Crippen LogP contribution in [0.15, 0.2) is 40.4 Å². The van der Waals surface area contributed by atoms with Crippen LogP contribution in [-0.4, -0.2) is 35.0 Å². The predicted molar refractivity (Wildman–Crippen MR) is 91.9 cm³/mol. The largest absolute Gasteiger partial charge is 0.468 e. The quantitative estimate of drug-likeness (QED) is 0.489. The smallest absolute Gasteiger partial charge is 0.316 e. The summed E-state index contributed by atoms with van der Waals surface area (Å²) < 4.78 is 4.56. The van der Waals surface area contributed by atoms with Crippen LogP contribution in [0.25, 0.3) is 0 Å². The van der Waals surface area contributed by atoms with E-state index in [0.29, 0.717) is 17.3 Å². The van der Waals surface area contributed by atoms with Crippen molar-refractivity contribution in [3.05, 3.63) is 46.7 Å². The van der Waals surface area contributed by atoms with E-state index in [4.69, 9.17) is 17.3 Å². The van der Waals surface area contributed by atoms with Gasteiger partial charge in [-0.3, -0.25) is 9.79 Å². The number of hydrogen-bond donors (Lipinski definition) is 1. The maximum atomic E-state index is 11.1. The lowest BCUT2D eigenvalue weighted by molar-refractivity contribution is -0.137. The summed E-state index contributed by atoms with van der Waals surface area (Å²) in [6.07, 6.45) is 1.54. The Kier molecular flexibility index (Phi) is 6.37. The van der Waals surface area contributed by atoms with Crippen molar-refractivity contribution in [3.8, 4) is 0 Å². The van der Waals surface area contributed by atoms with Crippen molar-refractivity contribution < 1.29 is 9.53 Å². The zero-order chi connectivity index (χ0) is 16.7. The number of aromatic nitrogens is 2. The first kappa shape index (κ1) is 17.2. The SMILES string of the molecule is COC(=O)CSc1nc(N)c(/C=N/Cc2ccccc2)nc1Cl. The Labute approximate surface area is 143 Å². The number of hydrogen-bond acceptors (Lipinski definition) is 7. The highest BCUT2D eigenvalue weighted by Crippen LogP contribution is 2.25. The maximum Gasteiger partial charge on any atom is 0.316 e. The number of nitrogens with two attached hydrogens (primary N) is 1.